The number of hydrogen-bond acceptors (Lipinski definition) is 8. The SMILES string of the molecule is CCOC(=O)C1=C(C)N=C2SC=C(CC(=O)N3CCN(C)CC3)N2C1c1cccc(OCc2ccccc2)c1. The fourth-order valence-electron chi connectivity index (χ4n) is 4.99. The van der Waals surface area contributed by atoms with Crippen molar-refractivity contribution in [1.82, 2.24) is 14.7 Å². The van der Waals surface area contributed by atoms with Crippen molar-refractivity contribution in [2.24, 2.45) is 4.99 Å². The highest BCUT2D eigenvalue weighted by Crippen LogP contribution is 2.45. The van der Waals surface area contributed by atoms with Gasteiger partial charge < -0.3 is 24.2 Å². The van der Waals surface area contributed by atoms with Crippen LogP contribution in [0.15, 0.2) is 82.0 Å². The molecule has 3 aliphatic heterocycles. The predicted octanol–water partition coefficient (Wildman–Crippen LogP) is 4.57. The maximum Gasteiger partial charge on any atom is 0.338 e. The number of rotatable bonds is 8. The number of aliphatic imine (C=N–C) groups is 1. The molecule has 1 amide bonds. The van der Waals surface area contributed by atoms with E-state index >= 15 is 0 Å². The fraction of sp³-hybridized carbons (Fsp3) is 0.367. The van der Waals surface area contributed by atoms with Crippen molar-refractivity contribution in [2.45, 2.75) is 32.9 Å². The zero-order valence-corrected chi connectivity index (χ0v) is 23.4. The van der Waals surface area contributed by atoms with Crippen molar-refractivity contribution in [3.8, 4) is 5.75 Å². The Labute approximate surface area is 234 Å². The Morgan fingerprint density at radius 2 is 1.82 bits per heavy atom. The smallest absolute Gasteiger partial charge is 0.338 e. The highest BCUT2D eigenvalue weighted by atomic mass is 32.2. The molecule has 2 aromatic rings. The van der Waals surface area contributed by atoms with Crippen molar-refractivity contribution in [1.29, 1.82) is 0 Å². The molecule has 0 N–H and O–H groups in total. The average molecular weight is 547 g/mol. The number of benzene rings is 2. The Morgan fingerprint density at radius 3 is 2.56 bits per heavy atom. The van der Waals surface area contributed by atoms with Gasteiger partial charge in [0.1, 0.15) is 12.4 Å². The van der Waals surface area contributed by atoms with Gasteiger partial charge in [-0.3, -0.25) is 4.79 Å². The van der Waals surface area contributed by atoms with E-state index in [1.165, 1.54) is 11.8 Å². The first kappa shape index (κ1) is 27.0. The van der Waals surface area contributed by atoms with Crippen LogP contribution in [0.5, 0.6) is 5.75 Å². The van der Waals surface area contributed by atoms with Crippen LogP contribution in [0.25, 0.3) is 0 Å². The number of likely N-dealkylation sites (N-methyl/N-ethyl adjacent to an activating group) is 1. The van der Waals surface area contributed by atoms with Crippen LogP contribution in [0, 0.1) is 0 Å². The molecule has 0 aromatic heterocycles. The van der Waals surface area contributed by atoms with E-state index in [2.05, 4.69) is 11.9 Å². The molecule has 1 saturated heterocycles. The Balaban J connectivity index is 1.44. The van der Waals surface area contributed by atoms with Gasteiger partial charge in [-0.1, -0.05) is 54.2 Å². The van der Waals surface area contributed by atoms with Crippen LogP contribution in [0.4, 0.5) is 0 Å². The lowest BCUT2D eigenvalue weighted by atomic mass is 9.93. The van der Waals surface area contributed by atoms with E-state index in [-0.39, 0.29) is 18.9 Å². The minimum atomic E-state index is -0.488. The molecule has 1 fully saturated rings. The zero-order valence-electron chi connectivity index (χ0n) is 22.6. The van der Waals surface area contributed by atoms with Gasteiger partial charge >= 0.3 is 5.97 Å². The number of carbonyl (C=O) groups is 2. The second-order valence-electron chi connectivity index (χ2n) is 9.82. The molecule has 0 saturated carbocycles. The third-order valence-electron chi connectivity index (χ3n) is 7.11. The summed E-state index contributed by atoms with van der Waals surface area (Å²) in [6, 6.07) is 17.3. The van der Waals surface area contributed by atoms with Crippen molar-refractivity contribution in [2.75, 3.05) is 39.8 Å². The van der Waals surface area contributed by atoms with Crippen molar-refractivity contribution >= 4 is 28.8 Å². The first-order valence-electron chi connectivity index (χ1n) is 13.3. The minimum absolute atomic E-state index is 0.0823. The quantitative estimate of drug-likeness (QED) is 0.449. The molecule has 204 valence electrons. The third-order valence-corrected chi connectivity index (χ3v) is 8.00. The Morgan fingerprint density at radius 1 is 1.05 bits per heavy atom. The summed E-state index contributed by atoms with van der Waals surface area (Å²) >= 11 is 1.48. The van der Waals surface area contributed by atoms with Crippen LogP contribution < -0.4 is 4.74 Å². The monoisotopic (exact) mass is 546 g/mol. The fourth-order valence-corrected chi connectivity index (χ4v) is 5.96. The van der Waals surface area contributed by atoms with Crippen molar-refractivity contribution in [3.05, 3.63) is 88.1 Å². The second kappa shape index (κ2) is 12.1. The van der Waals surface area contributed by atoms with Gasteiger partial charge in [-0.05, 0) is 49.6 Å². The number of fused-ring (bicyclic) bond motifs is 1. The van der Waals surface area contributed by atoms with E-state index in [1.807, 2.05) is 76.7 Å². The van der Waals surface area contributed by atoms with Crippen LogP contribution in [-0.2, 0) is 20.9 Å². The largest absolute Gasteiger partial charge is 0.489 e. The van der Waals surface area contributed by atoms with Crippen molar-refractivity contribution in [3.63, 3.8) is 0 Å². The van der Waals surface area contributed by atoms with E-state index in [9.17, 15) is 9.59 Å². The normalized spacial score (nSPS) is 19.4. The highest BCUT2D eigenvalue weighted by molar-refractivity contribution is 8.16. The number of carbonyl (C=O) groups excluding carboxylic acids is 2. The molecule has 9 heteroatoms. The Kier molecular flexibility index (Phi) is 8.38. The van der Waals surface area contributed by atoms with Crippen LogP contribution in [-0.4, -0.2) is 71.6 Å². The maximum absolute atomic E-state index is 13.3. The number of hydrogen-bond donors (Lipinski definition) is 0. The Bertz CT molecular complexity index is 1320. The highest BCUT2D eigenvalue weighted by Gasteiger charge is 2.41. The zero-order chi connectivity index (χ0) is 27.4. The molecule has 0 bridgehead atoms. The van der Waals surface area contributed by atoms with E-state index in [0.29, 0.717) is 36.7 Å². The summed E-state index contributed by atoms with van der Waals surface area (Å²) in [6.45, 7) is 7.50. The molecule has 0 radical (unpaired) electrons. The van der Waals surface area contributed by atoms with Crippen LogP contribution in [0.1, 0.15) is 37.4 Å². The van der Waals surface area contributed by atoms with Crippen molar-refractivity contribution < 1.29 is 19.1 Å². The number of piperazine rings is 1. The molecular weight excluding hydrogens is 512 g/mol. The van der Waals surface area contributed by atoms with Gasteiger partial charge in [-0.25, -0.2) is 9.79 Å². The third kappa shape index (κ3) is 6.04. The van der Waals surface area contributed by atoms with E-state index in [1.54, 1.807) is 6.92 Å². The molecule has 0 spiro atoms. The van der Waals surface area contributed by atoms with Gasteiger partial charge in [-0.2, -0.15) is 0 Å². The first-order valence-corrected chi connectivity index (χ1v) is 14.2. The van der Waals surface area contributed by atoms with Crippen LogP contribution >= 0.6 is 11.8 Å². The number of amides is 1. The van der Waals surface area contributed by atoms with Crippen LogP contribution in [0.2, 0.25) is 0 Å². The summed E-state index contributed by atoms with van der Waals surface area (Å²) in [5.41, 5.74) is 3.86. The molecule has 1 unspecified atom stereocenters. The second-order valence-corrected chi connectivity index (χ2v) is 10.7. The van der Waals surface area contributed by atoms with Gasteiger partial charge in [0.15, 0.2) is 5.17 Å². The molecule has 39 heavy (non-hydrogen) atoms. The summed E-state index contributed by atoms with van der Waals surface area (Å²) in [7, 11) is 2.07. The molecule has 1 atom stereocenters. The lowest BCUT2D eigenvalue weighted by Gasteiger charge is -2.37. The summed E-state index contributed by atoms with van der Waals surface area (Å²) < 4.78 is 11.6. The number of ether oxygens (including phenoxy) is 2. The molecule has 3 aliphatic rings. The number of esters is 1. The topological polar surface area (TPSA) is 74.7 Å². The van der Waals surface area contributed by atoms with E-state index < -0.39 is 12.0 Å². The number of nitrogens with zero attached hydrogens (tertiary/aromatic N) is 4. The molecule has 8 nitrogen and oxygen atoms in total. The van der Waals surface area contributed by atoms with E-state index in [4.69, 9.17) is 14.5 Å². The van der Waals surface area contributed by atoms with Gasteiger partial charge in [-0.15, -0.1) is 0 Å². The number of amidine groups is 1. The summed E-state index contributed by atoms with van der Waals surface area (Å²) in [6.07, 6.45) is 0.242. The maximum atomic E-state index is 13.3. The molecule has 5 rings (SSSR count). The molecular formula is C30H34N4O4S. The number of thioether (sulfide) groups is 1. The summed E-state index contributed by atoms with van der Waals surface area (Å²) in [4.78, 5) is 37.5. The summed E-state index contributed by atoms with van der Waals surface area (Å²) in [5, 5.41) is 2.74. The standard InChI is InChI=1S/C30H34N4O4S/c1-4-37-29(36)27-21(2)31-30-34(24(20-39-30)18-26(35)33-15-13-32(3)14-16-33)28(27)23-11-8-12-25(17-23)38-19-22-9-6-5-7-10-22/h5-12,17,20,28H,4,13-16,18-19H2,1-3H3. The molecule has 3 heterocycles. The van der Waals surface area contributed by atoms with Gasteiger partial charge in [0.05, 0.1) is 30.3 Å². The van der Waals surface area contributed by atoms with Gasteiger partial charge in [0.2, 0.25) is 5.91 Å². The first-order chi connectivity index (χ1) is 18.9. The van der Waals surface area contributed by atoms with Crippen LogP contribution in [0.3, 0.4) is 0 Å². The lowest BCUT2D eigenvalue weighted by Crippen LogP contribution is -2.47. The average Bonchev–Trinajstić information content (AvgIpc) is 3.34. The predicted molar refractivity (Wildman–Crippen MR) is 153 cm³/mol. The number of allylic oxidation sites excluding steroid dienone is 1. The minimum Gasteiger partial charge on any atom is -0.489 e. The Hall–Kier alpha value is -3.56. The van der Waals surface area contributed by atoms with Gasteiger partial charge in [0.25, 0.3) is 0 Å². The lowest BCUT2D eigenvalue weighted by molar-refractivity contribution is -0.139. The van der Waals surface area contributed by atoms with Gasteiger partial charge in [0, 0.05) is 31.9 Å². The molecule has 0 aliphatic carbocycles. The molecule has 2 aromatic carbocycles. The van der Waals surface area contributed by atoms with E-state index in [0.717, 1.165) is 35.1 Å². The summed E-state index contributed by atoms with van der Waals surface area (Å²) in [5.74, 6) is 0.381.